The second-order valence-electron chi connectivity index (χ2n) is 5.95. The van der Waals surface area contributed by atoms with Crippen molar-refractivity contribution >= 4 is 35.5 Å². The van der Waals surface area contributed by atoms with Crippen molar-refractivity contribution < 1.29 is 9.21 Å². The Labute approximate surface area is 181 Å². The molecule has 0 unspecified atom stereocenters. The number of pyridine rings is 1. The van der Waals surface area contributed by atoms with Crippen molar-refractivity contribution in [3.8, 4) is 17.1 Å². The Morgan fingerprint density at radius 2 is 1.97 bits per heavy atom. The van der Waals surface area contributed by atoms with E-state index in [1.807, 2.05) is 28.8 Å². The summed E-state index contributed by atoms with van der Waals surface area (Å²) in [5.41, 5.74) is 4.15. The number of carbonyl (C=O) groups is 1. The first kappa shape index (κ1) is 19.9. The molecule has 0 aliphatic carbocycles. The highest BCUT2D eigenvalue weighted by atomic mass is 35.5. The molecular formula is C20H15ClN6O2S. The monoisotopic (exact) mass is 438 g/mol. The van der Waals surface area contributed by atoms with E-state index in [-0.39, 0.29) is 11.7 Å². The molecule has 0 aliphatic heterocycles. The third kappa shape index (κ3) is 4.76. The molecule has 1 N–H and O–H groups in total. The van der Waals surface area contributed by atoms with E-state index in [1.165, 1.54) is 24.2 Å². The molecule has 1 amide bonds. The zero-order valence-electron chi connectivity index (χ0n) is 15.5. The lowest BCUT2D eigenvalue weighted by atomic mass is 10.2. The van der Waals surface area contributed by atoms with Gasteiger partial charge in [-0.2, -0.15) is 5.10 Å². The van der Waals surface area contributed by atoms with Crippen LogP contribution < -0.4 is 5.43 Å². The lowest BCUT2D eigenvalue weighted by Crippen LogP contribution is -2.19. The summed E-state index contributed by atoms with van der Waals surface area (Å²) in [6, 6.07) is 14.5. The van der Waals surface area contributed by atoms with Crippen LogP contribution in [0.2, 0.25) is 5.02 Å². The van der Waals surface area contributed by atoms with Crippen LogP contribution in [-0.2, 0) is 4.79 Å². The van der Waals surface area contributed by atoms with Crippen molar-refractivity contribution in [3.05, 3.63) is 78.0 Å². The highest BCUT2D eigenvalue weighted by Crippen LogP contribution is 2.28. The Bertz CT molecular complexity index is 1140. The summed E-state index contributed by atoms with van der Waals surface area (Å²) in [4.78, 5) is 16.2. The van der Waals surface area contributed by atoms with Gasteiger partial charge in [0, 0.05) is 28.7 Å². The third-order valence-electron chi connectivity index (χ3n) is 3.91. The van der Waals surface area contributed by atoms with Gasteiger partial charge in [0.25, 0.3) is 5.91 Å². The van der Waals surface area contributed by atoms with Crippen LogP contribution in [-0.4, -0.2) is 37.6 Å². The van der Waals surface area contributed by atoms with Crippen LogP contribution in [0, 0.1) is 0 Å². The van der Waals surface area contributed by atoms with Crippen LogP contribution in [0.15, 0.2) is 81.9 Å². The van der Waals surface area contributed by atoms with Gasteiger partial charge in [0.15, 0.2) is 11.0 Å². The molecule has 10 heteroatoms. The minimum absolute atomic E-state index is 0.109. The van der Waals surface area contributed by atoms with Crippen LogP contribution in [0.1, 0.15) is 5.76 Å². The molecule has 4 aromatic rings. The Balaban J connectivity index is 1.53. The molecule has 1 aromatic carbocycles. The van der Waals surface area contributed by atoms with Gasteiger partial charge in [-0.25, -0.2) is 5.43 Å². The predicted octanol–water partition coefficient (Wildman–Crippen LogP) is 3.82. The summed E-state index contributed by atoms with van der Waals surface area (Å²) < 4.78 is 6.99. The highest BCUT2D eigenvalue weighted by molar-refractivity contribution is 7.99. The van der Waals surface area contributed by atoms with Crippen molar-refractivity contribution in [2.75, 3.05) is 5.75 Å². The number of amides is 1. The average Bonchev–Trinajstić information content (AvgIpc) is 3.43. The van der Waals surface area contributed by atoms with Gasteiger partial charge in [-0.1, -0.05) is 23.4 Å². The Morgan fingerprint density at radius 1 is 1.17 bits per heavy atom. The Kier molecular flexibility index (Phi) is 6.21. The summed E-state index contributed by atoms with van der Waals surface area (Å²) >= 11 is 7.28. The number of rotatable bonds is 7. The van der Waals surface area contributed by atoms with E-state index in [0.717, 1.165) is 11.3 Å². The van der Waals surface area contributed by atoms with Crippen LogP contribution in [0.3, 0.4) is 0 Å². The number of nitrogens with one attached hydrogen (secondary N) is 1. The van der Waals surface area contributed by atoms with Crippen LogP contribution in [0.5, 0.6) is 0 Å². The van der Waals surface area contributed by atoms with Gasteiger partial charge in [0.1, 0.15) is 5.76 Å². The maximum Gasteiger partial charge on any atom is 0.250 e. The topological polar surface area (TPSA) is 98.2 Å². The molecule has 0 radical (unpaired) electrons. The van der Waals surface area contributed by atoms with E-state index >= 15 is 0 Å². The number of thioether (sulfide) groups is 1. The average molecular weight is 439 g/mol. The smallest absolute Gasteiger partial charge is 0.250 e. The molecule has 0 aliphatic rings. The first-order valence-corrected chi connectivity index (χ1v) is 10.2. The number of nitrogens with zero attached hydrogens (tertiary/aromatic N) is 5. The van der Waals surface area contributed by atoms with Crippen LogP contribution >= 0.6 is 23.4 Å². The van der Waals surface area contributed by atoms with Crippen molar-refractivity contribution in [1.82, 2.24) is 25.2 Å². The number of halogens is 1. The SMILES string of the molecule is O=C(CSc1nnc(-c2ccncc2)n1-c1ccc(Cl)cc1)NN=Cc1ccco1. The number of hydrogen-bond acceptors (Lipinski definition) is 7. The lowest BCUT2D eigenvalue weighted by molar-refractivity contribution is -0.118. The third-order valence-corrected chi connectivity index (χ3v) is 5.09. The fourth-order valence-corrected chi connectivity index (χ4v) is 3.44. The van der Waals surface area contributed by atoms with Crippen molar-refractivity contribution in [1.29, 1.82) is 0 Å². The van der Waals surface area contributed by atoms with E-state index in [0.29, 0.717) is 21.8 Å². The largest absolute Gasteiger partial charge is 0.463 e. The van der Waals surface area contributed by atoms with Gasteiger partial charge in [0.2, 0.25) is 0 Å². The van der Waals surface area contributed by atoms with Gasteiger partial charge < -0.3 is 4.42 Å². The highest BCUT2D eigenvalue weighted by Gasteiger charge is 2.17. The van der Waals surface area contributed by atoms with Gasteiger partial charge in [-0.15, -0.1) is 10.2 Å². The van der Waals surface area contributed by atoms with Crippen molar-refractivity contribution in [2.24, 2.45) is 5.10 Å². The maximum absolute atomic E-state index is 12.2. The van der Waals surface area contributed by atoms with E-state index in [9.17, 15) is 4.79 Å². The molecule has 0 saturated heterocycles. The quantitative estimate of drug-likeness (QED) is 0.267. The molecule has 8 nitrogen and oxygen atoms in total. The number of hydrogen-bond donors (Lipinski definition) is 1. The van der Waals surface area contributed by atoms with Gasteiger partial charge in [-0.3, -0.25) is 14.3 Å². The van der Waals surface area contributed by atoms with E-state index < -0.39 is 0 Å². The van der Waals surface area contributed by atoms with Crippen LogP contribution in [0.4, 0.5) is 0 Å². The second-order valence-corrected chi connectivity index (χ2v) is 7.33. The summed E-state index contributed by atoms with van der Waals surface area (Å²) in [5.74, 6) is 1.02. The van der Waals surface area contributed by atoms with E-state index in [2.05, 4.69) is 25.7 Å². The second kappa shape index (κ2) is 9.38. The zero-order valence-corrected chi connectivity index (χ0v) is 17.0. The number of aromatic nitrogens is 4. The van der Waals surface area contributed by atoms with Crippen LogP contribution in [0.25, 0.3) is 17.1 Å². The van der Waals surface area contributed by atoms with E-state index in [1.54, 1.807) is 36.7 Å². The van der Waals surface area contributed by atoms with Gasteiger partial charge in [0.05, 0.1) is 18.2 Å². The molecule has 0 atom stereocenters. The summed E-state index contributed by atoms with van der Waals surface area (Å²) in [7, 11) is 0. The first-order chi connectivity index (χ1) is 14.7. The number of benzene rings is 1. The minimum atomic E-state index is -0.279. The molecule has 3 aromatic heterocycles. The first-order valence-electron chi connectivity index (χ1n) is 8.80. The fourth-order valence-electron chi connectivity index (χ4n) is 2.57. The normalized spacial score (nSPS) is 11.1. The lowest BCUT2D eigenvalue weighted by Gasteiger charge is -2.10. The summed E-state index contributed by atoms with van der Waals surface area (Å²) in [6.45, 7) is 0. The molecule has 0 spiro atoms. The summed E-state index contributed by atoms with van der Waals surface area (Å²) in [5, 5.41) is 13.7. The fraction of sp³-hybridized carbons (Fsp3) is 0.0500. The molecular weight excluding hydrogens is 424 g/mol. The standard InChI is InChI=1S/C20H15ClN6O2S/c21-15-3-5-16(6-4-15)27-19(14-7-9-22-10-8-14)25-26-20(27)30-13-18(28)24-23-12-17-2-1-11-29-17/h1-12H,13H2,(H,24,28). The predicted molar refractivity (Wildman–Crippen MR) is 115 cm³/mol. The summed E-state index contributed by atoms with van der Waals surface area (Å²) in [6.07, 6.45) is 6.34. The van der Waals surface area contributed by atoms with Gasteiger partial charge in [-0.05, 0) is 48.5 Å². The van der Waals surface area contributed by atoms with E-state index in [4.69, 9.17) is 16.0 Å². The Hall–Kier alpha value is -3.43. The molecule has 0 fully saturated rings. The molecule has 0 bridgehead atoms. The molecule has 4 rings (SSSR count). The maximum atomic E-state index is 12.2. The number of hydrazone groups is 1. The molecule has 30 heavy (non-hydrogen) atoms. The van der Waals surface area contributed by atoms with Crippen molar-refractivity contribution in [2.45, 2.75) is 5.16 Å². The molecule has 0 saturated carbocycles. The Morgan fingerprint density at radius 3 is 2.70 bits per heavy atom. The molecule has 3 heterocycles. The number of carbonyl (C=O) groups excluding carboxylic acids is 1. The minimum Gasteiger partial charge on any atom is -0.463 e. The zero-order chi connectivity index (χ0) is 20.8. The molecule has 150 valence electrons. The number of furan rings is 1. The van der Waals surface area contributed by atoms with Crippen molar-refractivity contribution in [3.63, 3.8) is 0 Å². The van der Waals surface area contributed by atoms with Gasteiger partial charge >= 0.3 is 0 Å².